The molecule has 0 bridgehead atoms. The standard InChI is InChI=1S/C21H28N6/c1-5-7-19-23-21-22-16(3)13-20(27(21)24-19)25-10-11-26(17(4)14-25)18-9-6-8-15(2)12-18/h6,8-9,12-13,17H,5,7,10-11,14H2,1-4H3/t17-/m0/s1. The van der Waals surface area contributed by atoms with Crippen molar-refractivity contribution in [3.8, 4) is 0 Å². The first-order chi connectivity index (χ1) is 13.0. The molecule has 0 aliphatic carbocycles. The van der Waals surface area contributed by atoms with E-state index >= 15 is 0 Å². The second-order valence-corrected chi connectivity index (χ2v) is 7.57. The van der Waals surface area contributed by atoms with Crippen molar-refractivity contribution in [1.82, 2.24) is 19.6 Å². The van der Waals surface area contributed by atoms with Gasteiger partial charge in [-0.1, -0.05) is 19.1 Å². The van der Waals surface area contributed by atoms with Gasteiger partial charge in [0.1, 0.15) is 5.82 Å². The van der Waals surface area contributed by atoms with Gasteiger partial charge in [-0.2, -0.15) is 9.50 Å². The number of nitrogens with zero attached hydrogens (tertiary/aromatic N) is 6. The van der Waals surface area contributed by atoms with Crippen molar-refractivity contribution in [2.45, 2.75) is 46.6 Å². The van der Waals surface area contributed by atoms with Crippen molar-refractivity contribution in [2.75, 3.05) is 29.4 Å². The van der Waals surface area contributed by atoms with E-state index in [0.717, 1.165) is 49.8 Å². The monoisotopic (exact) mass is 364 g/mol. The van der Waals surface area contributed by atoms with Gasteiger partial charge in [-0.15, -0.1) is 5.10 Å². The van der Waals surface area contributed by atoms with Gasteiger partial charge in [0.2, 0.25) is 0 Å². The van der Waals surface area contributed by atoms with E-state index in [2.05, 4.69) is 70.9 Å². The number of hydrogen-bond acceptors (Lipinski definition) is 5. The summed E-state index contributed by atoms with van der Waals surface area (Å²) in [7, 11) is 0. The molecule has 0 N–H and O–H groups in total. The van der Waals surface area contributed by atoms with Gasteiger partial charge in [0.05, 0.1) is 0 Å². The zero-order valence-corrected chi connectivity index (χ0v) is 16.7. The van der Waals surface area contributed by atoms with Crippen LogP contribution >= 0.6 is 0 Å². The fraction of sp³-hybridized carbons (Fsp3) is 0.476. The smallest absolute Gasteiger partial charge is 0.254 e. The molecule has 27 heavy (non-hydrogen) atoms. The number of benzene rings is 1. The molecule has 6 heteroatoms. The van der Waals surface area contributed by atoms with Crippen LogP contribution in [0.15, 0.2) is 30.3 Å². The molecule has 0 amide bonds. The Labute approximate surface area is 160 Å². The summed E-state index contributed by atoms with van der Waals surface area (Å²) in [5.74, 6) is 2.69. The Hall–Kier alpha value is -2.63. The molecule has 6 nitrogen and oxygen atoms in total. The first-order valence-electron chi connectivity index (χ1n) is 9.86. The van der Waals surface area contributed by atoms with Crippen molar-refractivity contribution in [1.29, 1.82) is 0 Å². The maximum atomic E-state index is 4.72. The van der Waals surface area contributed by atoms with Gasteiger partial charge >= 0.3 is 0 Å². The zero-order chi connectivity index (χ0) is 19.0. The lowest BCUT2D eigenvalue weighted by Crippen LogP contribution is -2.52. The molecule has 2 aromatic heterocycles. The van der Waals surface area contributed by atoms with Crippen molar-refractivity contribution >= 4 is 17.3 Å². The third-order valence-electron chi connectivity index (χ3n) is 5.22. The summed E-state index contributed by atoms with van der Waals surface area (Å²) >= 11 is 0. The largest absolute Gasteiger partial charge is 0.365 e. The lowest BCUT2D eigenvalue weighted by Gasteiger charge is -2.42. The van der Waals surface area contributed by atoms with Crippen LogP contribution in [0.4, 0.5) is 11.5 Å². The van der Waals surface area contributed by atoms with Crippen LogP contribution in [-0.4, -0.2) is 45.3 Å². The summed E-state index contributed by atoms with van der Waals surface area (Å²) in [6.07, 6.45) is 1.93. The molecule has 4 rings (SSSR count). The van der Waals surface area contributed by atoms with E-state index in [4.69, 9.17) is 5.10 Å². The highest BCUT2D eigenvalue weighted by molar-refractivity contribution is 5.53. The molecule has 1 saturated heterocycles. The molecule has 1 aromatic carbocycles. The van der Waals surface area contributed by atoms with Gasteiger partial charge in [0.25, 0.3) is 5.78 Å². The Morgan fingerprint density at radius 1 is 1.11 bits per heavy atom. The van der Waals surface area contributed by atoms with Crippen LogP contribution in [0, 0.1) is 13.8 Å². The SMILES string of the molecule is CCCc1nc2nc(C)cc(N3CCN(c4cccc(C)c4)[C@@H](C)C3)n2n1. The normalized spacial score (nSPS) is 17.7. The number of piperazine rings is 1. The molecule has 3 aromatic rings. The van der Waals surface area contributed by atoms with Crippen molar-refractivity contribution in [3.05, 3.63) is 47.4 Å². The minimum absolute atomic E-state index is 0.419. The van der Waals surface area contributed by atoms with Crippen molar-refractivity contribution in [3.63, 3.8) is 0 Å². The highest BCUT2D eigenvalue weighted by Crippen LogP contribution is 2.25. The second-order valence-electron chi connectivity index (χ2n) is 7.57. The molecule has 0 radical (unpaired) electrons. The first-order valence-corrected chi connectivity index (χ1v) is 9.86. The molecule has 0 saturated carbocycles. The summed E-state index contributed by atoms with van der Waals surface area (Å²) in [6, 6.07) is 11.3. The number of aromatic nitrogens is 4. The van der Waals surface area contributed by atoms with E-state index in [-0.39, 0.29) is 0 Å². The number of rotatable bonds is 4. The van der Waals surface area contributed by atoms with Gasteiger partial charge < -0.3 is 9.80 Å². The van der Waals surface area contributed by atoms with Crippen LogP contribution in [0.2, 0.25) is 0 Å². The van der Waals surface area contributed by atoms with Gasteiger partial charge in [0.15, 0.2) is 5.82 Å². The molecular formula is C21H28N6. The Morgan fingerprint density at radius 3 is 2.70 bits per heavy atom. The third kappa shape index (κ3) is 3.48. The number of hydrogen-bond donors (Lipinski definition) is 0. The van der Waals surface area contributed by atoms with E-state index in [1.54, 1.807) is 0 Å². The summed E-state index contributed by atoms with van der Waals surface area (Å²) in [4.78, 5) is 14.1. The Kier molecular flexibility index (Phi) is 4.72. The van der Waals surface area contributed by atoms with E-state index in [1.807, 2.05) is 11.4 Å². The Morgan fingerprint density at radius 2 is 1.96 bits per heavy atom. The molecule has 0 spiro atoms. The minimum Gasteiger partial charge on any atom is -0.365 e. The predicted molar refractivity (Wildman–Crippen MR) is 110 cm³/mol. The molecule has 3 heterocycles. The molecule has 0 unspecified atom stereocenters. The van der Waals surface area contributed by atoms with E-state index in [0.29, 0.717) is 11.8 Å². The van der Waals surface area contributed by atoms with Crippen LogP contribution in [0.25, 0.3) is 5.78 Å². The van der Waals surface area contributed by atoms with Crippen LogP contribution in [0.5, 0.6) is 0 Å². The summed E-state index contributed by atoms with van der Waals surface area (Å²) in [6.45, 7) is 11.5. The summed E-state index contributed by atoms with van der Waals surface area (Å²) in [5, 5.41) is 4.72. The van der Waals surface area contributed by atoms with Crippen LogP contribution in [-0.2, 0) is 6.42 Å². The molecular weight excluding hydrogens is 336 g/mol. The van der Waals surface area contributed by atoms with Gasteiger partial charge in [-0.25, -0.2) is 4.98 Å². The van der Waals surface area contributed by atoms with Gasteiger partial charge in [0, 0.05) is 49.5 Å². The van der Waals surface area contributed by atoms with Crippen molar-refractivity contribution in [2.24, 2.45) is 0 Å². The predicted octanol–water partition coefficient (Wildman–Crippen LogP) is 3.41. The zero-order valence-electron chi connectivity index (χ0n) is 16.7. The fourth-order valence-corrected chi connectivity index (χ4v) is 3.92. The number of anilines is 2. The van der Waals surface area contributed by atoms with Crippen LogP contribution in [0.3, 0.4) is 0 Å². The fourth-order valence-electron chi connectivity index (χ4n) is 3.92. The molecule has 1 aliphatic heterocycles. The lowest BCUT2D eigenvalue weighted by molar-refractivity contribution is 0.543. The molecule has 1 atom stereocenters. The average Bonchev–Trinajstić information content (AvgIpc) is 3.03. The van der Waals surface area contributed by atoms with Crippen molar-refractivity contribution < 1.29 is 0 Å². The van der Waals surface area contributed by atoms with Gasteiger partial charge in [-0.3, -0.25) is 0 Å². The molecule has 1 aliphatic rings. The maximum absolute atomic E-state index is 4.72. The number of aryl methyl sites for hydroxylation is 3. The lowest BCUT2D eigenvalue weighted by atomic mass is 10.1. The highest BCUT2D eigenvalue weighted by atomic mass is 15.4. The third-order valence-corrected chi connectivity index (χ3v) is 5.22. The number of fused-ring (bicyclic) bond motifs is 1. The first kappa shape index (κ1) is 17.8. The molecule has 142 valence electrons. The Bertz CT molecular complexity index is 947. The summed E-state index contributed by atoms with van der Waals surface area (Å²) < 4.78 is 1.92. The van der Waals surface area contributed by atoms with E-state index in [1.165, 1.54) is 11.3 Å². The average molecular weight is 364 g/mol. The maximum Gasteiger partial charge on any atom is 0.254 e. The van der Waals surface area contributed by atoms with Gasteiger partial charge in [-0.05, 0) is 44.9 Å². The van der Waals surface area contributed by atoms with Crippen LogP contribution < -0.4 is 9.80 Å². The topological polar surface area (TPSA) is 49.6 Å². The second kappa shape index (κ2) is 7.18. The summed E-state index contributed by atoms with van der Waals surface area (Å²) in [5.41, 5.74) is 3.60. The van der Waals surface area contributed by atoms with Crippen LogP contribution in [0.1, 0.15) is 37.4 Å². The minimum atomic E-state index is 0.419. The van der Waals surface area contributed by atoms with E-state index in [9.17, 15) is 0 Å². The quantitative estimate of drug-likeness (QED) is 0.710. The highest BCUT2D eigenvalue weighted by Gasteiger charge is 2.26. The molecule has 1 fully saturated rings. The van der Waals surface area contributed by atoms with E-state index < -0.39 is 0 Å². The Balaban J connectivity index is 1.62.